The second-order valence-corrected chi connectivity index (χ2v) is 7.55. The highest BCUT2D eigenvalue weighted by Crippen LogP contribution is 2.48. The van der Waals surface area contributed by atoms with E-state index in [1.165, 1.54) is 4.90 Å². The molecule has 1 unspecified atom stereocenters. The summed E-state index contributed by atoms with van der Waals surface area (Å²) in [7, 11) is 0. The number of amides is 3. The van der Waals surface area contributed by atoms with Crippen LogP contribution < -0.4 is 4.90 Å². The molecule has 5 nitrogen and oxygen atoms in total. The highest BCUT2D eigenvalue weighted by Gasteiger charge is 2.51. The minimum Gasteiger partial charge on any atom is -0.299 e. The highest BCUT2D eigenvalue weighted by atomic mass is 32.2. The number of imide groups is 1. The predicted octanol–water partition coefficient (Wildman–Crippen LogP) is 3.60. The molecule has 0 radical (unpaired) electrons. The molecule has 3 amide bonds. The van der Waals surface area contributed by atoms with Crippen molar-refractivity contribution in [2.75, 3.05) is 4.90 Å². The fraction of sp³-hybridized carbons (Fsp3) is 0.421. The number of allylic oxidation sites excluding steroid dienone is 1. The molecule has 0 aromatic heterocycles. The number of halogens is 1. The van der Waals surface area contributed by atoms with E-state index in [1.807, 2.05) is 19.1 Å². The fourth-order valence-corrected chi connectivity index (χ4v) is 3.50. The zero-order valence-corrected chi connectivity index (χ0v) is 15.4. The van der Waals surface area contributed by atoms with Crippen LogP contribution in [0.2, 0.25) is 0 Å². The largest absolute Gasteiger partial charge is 0.299 e. The Kier molecular flexibility index (Phi) is 5.18. The van der Waals surface area contributed by atoms with E-state index in [0.29, 0.717) is 16.4 Å². The van der Waals surface area contributed by atoms with Crippen molar-refractivity contribution in [3.05, 3.63) is 42.5 Å². The predicted molar refractivity (Wildman–Crippen MR) is 98.7 cm³/mol. The van der Waals surface area contributed by atoms with E-state index in [0.717, 1.165) is 18.4 Å². The van der Waals surface area contributed by atoms with Gasteiger partial charge in [0.15, 0.2) is 12.3 Å². The molecule has 0 N–H and O–H groups in total. The first kappa shape index (κ1) is 18.6. The van der Waals surface area contributed by atoms with Crippen molar-refractivity contribution in [2.24, 2.45) is 5.41 Å². The van der Waals surface area contributed by atoms with Crippen LogP contribution in [0.5, 0.6) is 0 Å². The van der Waals surface area contributed by atoms with E-state index < -0.39 is 35.6 Å². The van der Waals surface area contributed by atoms with Gasteiger partial charge >= 0.3 is 0 Å². The van der Waals surface area contributed by atoms with Crippen molar-refractivity contribution in [1.82, 2.24) is 4.31 Å². The zero-order chi connectivity index (χ0) is 18.9. The van der Waals surface area contributed by atoms with Crippen LogP contribution in [0, 0.1) is 5.41 Å². The monoisotopic (exact) mass is 376 g/mol. The Morgan fingerprint density at radius 1 is 1.38 bits per heavy atom. The van der Waals surface area contributed by atoms with Crippen LogP contribution in [-0.2, 0) is 20.8 Å². The van der Waals surface area contributed by atoms with E-state index in [2.05, 4.69) is 6.58 Å². The van der Waals surface area contributed by atoms with Gasteiger partial charge in [-0.25, -0.2) is 0 Å². The van der Waals surface area contributed by atoms with Gasteiger partial charge in [-0.3, -0.25) is 19.3 Å². The summed E-state index contributed by atoms with van der Waals surface area (Å²) >= 11 is -0.393. The zero-order valence-electron chi connectivity index (χ0n) is 14.6. The summed E-state index contributed by atoms with van der Waals surface area (Å²) in [5.41, 5.74) is 1.14. The minimum absolute atomic E-state index is 0.0301. The van der Waals surface area contributed by atoms with Crippen molar-refractivity contribution >= 4 is 35.7 Å². The molecule has 1 atom stereocenters. The van der Waals surface area contributed by atoms with E-state index in [4.69, 9.17) is 0 Å². The third-order valence-corrected chi connectivity index (χ3v) is 5.58. The molecule has 1 saturated carbocycles. The number of nitrogens with zero attached hydrogens (tertiary/aromatic N) is 2. The summed E-state index contributed by atoms with van der Waals surface area (Å²) in [5.74, 6) is -1.39. The molecule has 1 aliphatic heterocycles. The molecule has 1 heterocycles. The minimum atomic E-state index is -0.869. The SMILES string of the molecule is C=CCc1ccc(N(C(=O)C2(C)CC2)C2CCC(=O)N(SF)C2=O)cc1. The molecule has 1 saturated heterocycles. The Hall–Kier alpha value is -2.15. The molecule has 1 aliphatic carbocycles. The molecular weight excluding hydrogens is 355 g/mol. The number of benzene rings is 1. The van der Waals surface area contributed by atoms with Gasteiger partial charge in [0, 0.05) is 17.5 Å². The third-order valence-electron chi connectivity index (χ3n) is 5.05. The van der Waals surface area contributed by atoms with Crippen LogP contribution in [0.15, 0.2) is 36.9 Å². The molecule has 138 valence electrons. The van der Waals surface area contributed by atoms with Crippen LogP contribution in [-0.4, -0.2) is 28.1 Å². The number of piperidine rings is 1. The van der Waals surface area contributed by atoms with Crippen LogP contribution in [0.3, 0.4) is 0 Å². The molecule has 0 bridgehead atoms. The van der Waals surface area contributed by atoms with Gasteiger partial charge in [0.2, 0.25) is 11.8 Å². The Balaban J connectivity index is 1.96. The van der Waals surface area contributed by atoms with E-state index in [-0.39, 0.29) is 18.7 Å². The van der Waals surface area contributed by atoms with Crippen LogP contribution in [0.4, 0.5) is 9.57 Å². The number of hydrogen-bond acceptors (Lipinski definition) is 4. The van der Waals surface area contributed by atoms with Crippen LogP contribution in [0.1, 0.15) is 38.2 Å². The summed E-state index contributed by atoms with van der Waals surface area (Å²) in [5, 5.41) is 0. The van der Waals surface area contributed by atoms with Gasteiger partial charge in [-0.05, 0) is 43.4 Å². The van der Waals surface area contributed by atoms with Gasteiger partial charge < -0.3 is 0 Å². The molecular formula is C19H21FN2O3S. The molecule has 7 heteroatoms. The first-order valence-electron chi connectivity index (χ1n) is 8.60. The lowest BCUT2D eigenvalue weighted by Crippen LogP contribution is -2.55. The number of carbonyl (C=O) groups is 3. The second-order valence-electron chi connectivity index (χ2n) is 7.04. The van der Waals surface area contributed by atoms with Crippen molar-refractivity contribution in [1.29, 1.82) is 0 Å². The molecule has 0 spiro atoms. The maximum atomic E-state index is 13.1. The molecule has 2 fully saturated rings. The summed E-state index contributed by atoms with van der Waals surface area (Å²) in [6.07, 6.45) is 4.24. The van der Waals surface area contributed by atoms with Crippen LogP contribution >= 0.6 is 12.3 Å². The topological polar surface area (TPSA) is 57.7 Å². The number of carbonyl (C=O) groups excluding carboxylic acids is 3. The van der Waals surface area contributed by atoms with Gasteiger partial charge in [0.25, 0.3) is 5.91 Å². The highest BCUT2D eigenvalue weighted by molar-refractivity contribution is 7.93. The van der Waals surface area contributed by atoms with E-state index in [1.54, 1.807) is 18.2 Å². The Morgan fingerprint density at radius 2 is 2.04 bits per heavy atom. The smallest absolute Gasteiger partial charge is 0.264 e. The summed E-state index contributed by atoms with van der Waals surface area (Å²) in [4.78, 5) is 39.0. The van der Waals surface area contributed by atoms with Crippen LogP contribution in [0.25, 0.3) is 0 Å². The lowest BCUT2D eigenvalue weighted by molar-refractivity contribution is -0.143. The van der Waals surface area contributed by atoms with Gasteiger partial charge in [0.1, 0.15) is 6.04 Å². The Bertz CT molecular complexity index is 746. The second kappa shape index (κ2) is 7.23. The van der Waals surface area contributed by atoms with Crippen molar-refractivity contribution in [2.45, 2.75) is 45.1 Å². The number of rotatable bonds is 6. The quantitative estimate of drug-likeness (QED) is 0.432. The molecule has 1 aromatic carbocycles. The van der Waals surface area contributed by atoms with Gasteiger partial charge in [0.05, 0.1) is 0 Å². The average Bonchev–Trinajstić information content (AvgIpc) is 3.38. The van der Waals surface area contributed by atoms with Gasteiger partial charge in [-0.1, -0.05) is 25.1 Å². The van der Waals surface area contributed by atoms with Crippen molar-refractivity contribution < 1.29 is 18.3 Å². The standard InChI is InChI=1S/C19H21FN2O3S/c1-3-4-13-5-7-14(8-6-13)21(18(25)19(2)11-12-19)15-9-10-16(23)22(26-20)17(15)24/h3,5-8,15H,1,4,9-12H2,2H3. The lowest BCUT2D eigenvalue weighted by atomic mass is 9.99. The molecule has 26 heavy (non-hydrogen) atoms. The fourth-order valence-electron chi connectivity index (χ4n) is 3.15. The summed E-state index contributed by atoms with van der Waals surface area (Å²) in [6.45, 7) is 5.58. The van der Waals surface area contributed by atoms with E-state index >= 15 is 0 Å². The lowest BCUT2D eigenvalue weighted by Gasteiger charge is -2.37. The molecule has 3 rings (SSSR count). The maximum Gasteiger partial charge on any atom is 0.264 e. The number of anilines is 1. The van der Waals surface area contributed by atoms with Gasteiger partial charge in [-0.15, -0.1) is 10.5 Å². The third kappa shape index (κ3) is 3.40. The Morgan fingerprint density at radius 3 is 2.58 bits per heavy atom. The summed E-state index contributed by atoms with van der Waals surface area (Å²) < 4.78 is 13.6. The number of hydrogen-bond donors (Lipinski definition) is 0. The summed E-state index contributed by atoms with van der Waals surface area (Å²) in [6, 6.07) is 6.48. The van der Waals surface area contributed by atoms with Crippen molar-refractivity contribution in [3.8, 4) is 0 Å². The van der Waals surface area contributed by atoms with Gasteiger partial charge in [-0.2, -0.15) is 4.31 Å². The Labute approximate surface area is 156 Å². The van der Waals surface area contributed by atoms with E-state index in [9.17, 15) is 18.3 Å². The van der Waals surface area contributed by atoms with Crippen molar-refractivity contribution in [3.63, 3.8) is 0 Å². The first-order chi connectivity index (χ1) is 12.4. The average molecular weight is 376 g/mol. The molecule has 1 aromatic rings. The normalized spacial score (nSPS) is 21.5. The maximum absolute atomic E-state index is 13.1. The first-order valence-corrected chi connectivity index (χ1v) is 9.27. The molecule has 2 aliphatic rings.